The molecular weight excluding hydrogens is 506 g/mol. The van der Waals surface area contributed by atoms with Crippen LogP contribution in [0.2, 0.25) is 0 Å². The molecule has 0 aliphatic rings. The van der Waals surface area contributed by atoms with Crippen molar-refractivity contribution in [3.63, 3.8) is 0 Å². The quantitative estimate of drug-likeness (QED) is 0.109. The topological polar surface area (TPSA) is 148 Å². The maximum absolute atomic E-state index is 12.6. The van der Waals surface area contributed by atoms with Gasteiger partial charge < -0.3 is 18.3 Å². The smallest absolute Gasteiger partial charge is 0.338 e. The fourth-order valence-corrected chi connectivity index (χ4v) is 3.82. The van der Waals surface area contributed by atoms with E-state index in [4.69, 9.17) is 18.3 Å². The lowest BCUT2D eigenvalue weighted by molar-refractivity contribution is -0.384. The second-order valence-corrected chi connectivity index (χ2v) is 8.69. The Bertz CT molecular complexity index is 1720. The Balaban J connectivity index is 1.18. The number of carbonyl (C=O) groups is 1. The first-order chi connectivity index (χ1) is 18.8. The van der Waals surface area contributed by atoms with Gasteiger partial charge in [-0.2, -0.15) is 0 Å². The van der Waals surface area contributed by atoms with Crippen LogP contribution in [-0.2, 0) is 11.3 Å². The van der Waals surface area contributed by atoms with Gasteiger partial charge in [-0.15, -0.1) is 10.2 Å². The van der Waals surface area contributed by atoms with Crippen molar-refractivity contribution in [1.82, 2.24) is 10.2 Å². The van der Waals surface area contributed by atoms with Crippen molar-refractivity contribution in [2.24, 2.45) is 0 Å². The number of carbonyl (C=O) groups excluding carboxylic acids is 1. The number of nitro groups is 1. The summed E-state index contributed by atoms with van der Waals surface area (Å²) >= 11 is 0. The zero-order chi connectivity index (χ0) is 27.5. The van der Waals surface area contributed by atoms with Crippen molar-refractivity contribution in [3.05, 3.63) is 116 Å². The summed E-state index contributed by atoms with van der Waals surface area (Å²) in [7, 11) is 0. The normalized spacial score (nSPS) is 11.7. The van der Waals surface area contributed by atoms with Gasteiger partial charge in [0.25, 0.3) is 11.6 Å². The summed E-state index contributed by atoms with van der Waals surface area (Å²) in [6, 6.07) is 19.1. The van der Waals surface area contributed by atoms with Crippen molar-refractivity contribution in [3.8, 4) is 17.2 Å². The summed E-state index contributed by atoms with van der Waals surface area (Å²) in [5, 5.41) is 19.5. The molecule has 0 saturated heterocycles. The molecule has 0 bridgehead atoms. The van der Waals surface area contributed by atoms with E-state index in [9.17, 15) is 19.7 Å². The number of nitrogens with zero attached hydrogens (tertiary/aromatic N) is 3. The van der Waals surface area contributed by atoms with Gasteiger partial charge in [0.2, 0.25) is 5.89 Å². The van der Waals surface area contributed by atoms with E-state index in [0.29, 0.717) is 22.5 Å². The van der Waals surface area contributed by atoms with Crippen molar-refractivity contribution >= 4 is 22.6 Å². The predicted molar refractivity (Wildman–Crippen MR) is 138 cm³/mol. The number of hydrogen-bond acceptors (Lipinski definition) is 10. The van der Waals surface area contributed by atoms with Gasteiger partial charge in [0, 0.05) is 35.2 Å². The molecule has 1 unspecified atom stereocenters. The van der Waals surface area contributed by atoms with E-state index in [2.05, 4.69) is 10.2 Å². The first-order valence-corrected chi connectivity index (χ1v) is 11.8. The fourth-order valence-electron chi connectivity index (χ4n) is 3.82. The van der Waals surface area contributed by atoms with Crippen LogP contribution in [0.5, 0.6) is 5.75 Å². The van der Waals surface area contributed by atoms with Crippen LogP contribution >= 0.6 is 0 Å². The molecule has 0 fully saturated rings. The molecule has 5 rings (SSSR count). The maximum Gasteiger partial charge on any atom is 0.338 e. The van der Waals surface area contributed by atoms with Crippen molar-refractivity contribution in [2.45, 2.75) is 26.6 Å². The minimum atomic E-state index is -0.823. The van der Waals surface area contributed by atoms with Crippen LogP contribution in [-0.4, -0.2) is 21.1 Å². The number of aromatic nitrogens is 2. The van der Waals surface area contributed by atoms with E-state index in [-0.39, 0.29) is 24.1 Å². The van der Waals surface area contributed by atoms with Crippen LogP contribution < -0.4 is 10.4 Å². The number of hydrogen-bond donors (Lipinski definition) is 0. The number of rotatable bonds is 8. The van der Waals surface area contributed by atoms with Crippen LogP contribution in [0.25, 0.3) is 22.4 Å². The molecule has 2 aromatic heterocycles. The van der Waals surface area contributed by atoms with E-state index in [0.717, 1.165) is 16.5 Å². The fraction of sp³-hybridized carbons (Fsp3) is 0.143. The lowest BCUT2D eigenvalue weighted by atomic mass is 10.1. The number of ether oxygens (including phenoxy) is 2. The highest BCUT2D eigenvalue weighted by atomic mass is 16.6. The van der Waals surface area contributed by atoms with Gasteiger partial charge >= 0.3 is 11.6 Å². The summed E-state index contributed by atoms with van der Waals surface area (Å²) in [4.78, 5) is 34.6. The van der Waals surface area contributed by atoms with Crippen molar-refractivity contribution in [1.29, 1.82) is 0 Å². The van der Waals surface area contributed by atoms with Gasteiger partial charge in [0.05, 0.1) is 10.5 Å². The van der Waals surface area contributed by atoms with Gasteiger partial charge in [0.15, 0.2) is 6.10 Å². The third kappa shape index (κ3) is 5.67. The van der Waals surface area contributed by atoms with E-state index in [1.165, 1.54) is 30.3 Å². The number of benzene rings is 3. The monoisotopic (exact) mass is 527 g/mol. The Morgan fingerprint density at radius 3 is 2.46 bits per heavy atom. The second-order valence-electron chi connectivity index (χ2n) is 8.69. The predicted octanol–water partition coefficient (Wildman–Crippen LogP) is 5.56. The second kappa shape index (κ2) is 10.6. The molecule has 5 aromatic rings. The highest BCUT2D eigenvalue weighted by molar-refractivity contribution is 5.89. The van der Waals surface area contributed by atoms with Crippen LogP contribution in [0.15, 0.2) is 86.4 Å². The van der Waals surface area contributed by atoms with Crippen LogP contribution in [0.1, 0.15) is 40.4 Å². The van der Waals surface area contributed by atoms with E-state index in [1.807, 2.05) is 13.0 Å². The van der Waals surface area contributed by atoms with Gasteiger partial charge in [-0.3, -0.25) is 10.1 Å². The molecule has 1 atom stereocenters. The molecule has 39 heavy (non-hydrogen) atoms. The zero-order valence-corrected chi connectivity index (χ0v) is 20.8. The molecule has 0 amide bonds. The average molecular weight is 527 g/mol. The zero-order valence-electron chi connectivity index (χ0n) is 20.8. The highest BCUT2D eigenvalue weighted by Crippen LogP contribution is 2.26. The minimum Gasteiger partial charge on any atom is -0.489 e. The van der Waals surface area contributed by atoms with Gasteiger partial charge in [0.1, 0.15) is 17.9 Å². The largest absolute Gasteiger partial charge is 0.489 e. The van der Waals surface area contributed by atoms with Gasteiger partial charge in [-0.25, -0.2) is 9.59 Å². The van der Waals surface area contributed by atoms with Gasteiger partial charge in [-0.05, 0) is 61.4 Å². The first-order valence-electron chi connectivity index (χ1n) is 11.8. The molecule has 0 saturated carbocycles. The van der Waals surface area contributed by atoms with Crippen LogP contribution in [0.3, 0.4) is 0 Å². The molecule has 2 heterocycles. The Hall–Kier alpha value is -5.32. The van der Waals surface area contributed by atoms with E-state index >= 15 is 0 Å². The average Bonchev–Trinajstić information content (AvgIpc) is 3.42. The van der Waals surface area contributed by atoms with Gasteiger partial charge in [-0.1, -0.05) is 12.1 Å². The lowest BCUT2D eigenvalue weighted by Crippen LogP contribution is -2.09. The molecular formula is C28H21N3O8. The van der Waals surface area contributed by atoms with Crippen LogP contribution in [0.4, 0.5) is 5.69 Å². The molecule has 11 nitrogen and oxygen atoms in total. The van der Waals surface area contributed by atoms with E-state index < -0.39 is 22.6 Å². The van der Waals surface area contributed by atoms with Crippen LogP contribution in [0, 0.1) is 17.0 Å². The van der Waals surface area contributed by atoms with E-state index in [1.54, 1.807) is 43.3 Å². The Morgan fingerprint density at radius 2 is 1.74 bits per heavy atom. The molecule has 3 aromatic carbocycles. The third-order valence-electron chi connectivity index (χ3n) is 5.92. The molecule has 0 spiro atoms. The summed E-state index contributed by atoms with van der Waals surface area (Å²) < 4.78 is 22.1. The summed E-state index contributed by atoms with van der Waals surface area (Å²) in [6.45, 7) is 3.68. The molecule has 0 N–H and O–H groups in total. The Morgan fingerprint density at radius 1 is 1.00 bits per heavy atom. The molecule has 196 valence electrons. The third-order valence-corrected chi connectivity index (χ3v) is 5.92. The molecule has 0 aliphatic heterocycles. The number of non-ortho nitro benzene ring substituents is 1. The number of fused-ring (bicyclic) bond motifs is 1. The summed E-state index contributed by atoms with van der Waals surface area (Å²) in [5.74, 6) is 0.199. The Kier molecular flexibility index (Phi) is 6.87. The summed E-state index contributed by atoms with van der Waals surface area (Å²) in [6.07, 6.45) is -0.823. The minimum absolute atomic E-state index is 0.0583. The van der Waals surface area contributed by atoms with Crippen molar-refractivity contribution < 1.29 is 28.0 Å². The molecule has 0 aliphatic carbocycles. The highest BCUT2D eigenvalue weighted by Gasteiger charge is 2.20. The van der Waals surface area contributed by atoms with Crippen molar-refractivity contribution in [2.75, 3.05) is 0 Å². The lowest BCUT2D eigenvalue weighted by Gasteiger charge is -2.10. The number of esters is 1. The SMILES string of the molecule is Cc1cc(=O)oc2cc(OCc3ccc(C(=O)OC(C)c4nnc(-c5ccc([N+](=O)[O-])cc5)o4)cc3)ccc12. The number of aryl methyl sites for hydroxylation is 1. The molecule has 11 heteroatoms. The first kappa shape index (κ1) is 25.3. The Labute approximate surface area is 220 Å². The molecule has 0 radical (unpaired) electrons. The maximum atomic E-state index is 12.6. The number of nitro benzene ring substituents is 1. The standard InChI is InChI=1S/C28H21N3O8/c1-16-13-25(32)38-24-14-22(11-12-23(16)24)36-15-18-3-5-20(6-4-18)28(33)37-17(2)26-29-30-27(39-26)19-7-9-21(10-8-19)31(34)35/h3-14,17H,15H2,1-2H3. The summed E-state index contributed by atoms with van der Waals surface area (Å²) in [5.41, 5.74) is 2.44.